The summed E-state index contributed by atoms with van der Waals surface area (Å²) in [5, 5.41) is 20.6. The van der Waals surface area contributed by atoms with Crippen LogP contribution in [0, 0.1) is 13.8 Å². The first kappa shape index (κ1) is 29.2. The first-order chi connectivity index (χ1) is 9.45. The van der Waals surface area contributed by atoms with Gasteiger partial charge < -0.3 is 33.6 Å². The van der Waals surface area contributed by atoms with E-state index in [1.54, 1.807) is 0 Å². The van der Waals surface area contributed by atoms with Crippen molar-refractivity contribution in [2.75, 3.05) is 0 Å². The summed E-state index contributed by atoms with van der Waals surface area (Å²) in [6, 6.07) is 5.14. The number of unbranched alkanes of at least 4 members (excludes halogenated alkanes) is 2. The van der Waals surface area contributed by atoms with Crippen molar-refractivity contribution in [3.63, 3.8) is 0 Å². The van der Waals surface area contributed by atoms with Gasteiger partial charge in [-0.3, -0.25) is 0 Å². The van der Waals surface area contributed by atoms with Gasteiger partial charge in [0, 0.05) is 11.1 Å². The molecule has 0 aromatic heterocycles. The van der Waals surface area contributed by atoms with Crippen molar-refractivity contribution in [3.05, 3.63) is 49.2 Å². The van der Waals surface area contributed by atoms with E-state index in [-0.39, 0.29) is 45.3 Å². The molecule has 1 rings (SSSR count). The Kier molecular flexibility index (Phi) is 26.8. The Balaban J connectivity index is -0.000000138. The number of carboxylic acids is 2. The monoisotopic (exact) mass is 404 g/mol. The van der Waals surface area contributed by atoms with E-state index >= 15 is 0 Å². The van der Waals surface area contributed by atoms with Crippen LogP contribution in [0.2, 0.25) is 0 Å². The Bertz CT molecular complexity index is 354. The van der Waals surface area contributed by atoms with Crippen LogP contribution in [0.5, 0.6) is 0 Å². The van der Waals surface area contributed by atoms with Gasteiger partial charge in [0.1, 0.15) is 0 Å². The molecule has 0 aliphatic carbocycles. The standard InChI is InChI=1S/C8H6O4.2C4H9.2Cu/c9-7(10)5-3-1-2-4-6(5)8(11)12;2*1-3-4-2;;/h1-4H,(H,9,10)(H,11,12);2*1,3-4H2,2H3;;/q;2*-1;2*+2/p-2. The fourth-order valence-corrected chi connectivity index (χ4v) is 0.839. The van der Waals surface area contributed by atoms with E-state index in [4.69, 9.17) is 0 Å². The number of carbonyl (C=O) groups excluding carboxylic acids is 2. The van der Waals surface area contributed by atoms with E-state index in [9.17, 15) is 19.8 Å². The van der Waals surface area contributed by atoms with Crippen LogP contribution in [0.15, 0.2) is 24.3 Å². The summed E-state index contributed by atoms with van der Waals surface area (Å²) in [7, 11) is 0. The van der Waals surface area contributed by atoms with Crippen LogP contribution in [0.3, 0.4) is 0 Å². The van der Waals surface area contributed by atoms with Gasteiger partial charge in [-0.2, -0.15) is 12.8 Å². The quantitative estimate of drug-likeness (QED) is 0.564. The van der Waals surface area contributed by atoms with E-state index in [1.807, 2.05) is 0 Å². The van der Waals surface area contributed by atoms with E-state index in [0.29, 0.717) is 0 Å². The second-order valence-corrected chi connectivity index (χ2v) is 3.83. The molecule has 0 spiro atoms. The summed E-state index contributed by atoms with van der Waals surface area (Å²) in [5.74, 6) is -3.04. The first-order valence-corrected chi connectivity index (χ1v) is 6.56. The van der Waals surface area contributed by atoms with Crippen LogP contribution in [0.25, 0.3) is 0 Å². The predicted molar refractivity (Wildman–Crippen MR) is 75.6 cm³/mol. The van der Waals surface area contributed by atoms with Gasteiger partial charge in [0.05, 0.1) is 11.9 Å². The van der Waals surface area contributed by atoms with Crippen molar-refractivity contribution in [2.45, 2.75) is 39.5 Å². The summed E-state index contributed by atoms with van der Waals surface area (Å²) in [6.45, 7) is 11.4. The van der Waals surface area contributed by atoms with Crippen molar-refractivity contribution >= 4 is 11.9 Å². The Morgan fingerprint density at radius 2 is 1.09 bits per heavy atom. The molecule has 0 aliphatic heterocycles. The van der Waals surface area contributed by atoms with Crippen molar-refractivity contribution in [1.82, 2.24) is 0 Å². The predicted octanol–water partition coefficient (Wildman–Crippen LogP) is 1.65. The molecule has 2 radical (unpaired) electrons. The molecule has 4 nitrogen and oxygen atoms in total. The van der Waals surface area contributed by atoms with Crippen molar-refractivity contribution in [3.8, 4) is 0 Å². The second kappa shape index (κ2) is 20.2. The number of carbonyl (C=O) groups is 2. The van der Waals surface area contributed by atoms with Gasteiger partial charge in [0.25, 0.3) is 0 Å². The van der Waals surface area contributed by atoms with Crippen LogP contribution in [-0.4, -0.2) is 11.9 Å². The summed E-state index contributed by atoms with van der Waals surface area (Å²) < 4.78 is 0. The maximum absolute atomic E-state index is 10.3. The number of hydrogen-bond donors (Lipinski definition) is 0. The van der Waals surface area contributed by atoms with Gasteiger partial charge in [-0.25, -0.2) is 0 Å². The Morgan fingerprint density at radius 1 is 0.864 bits per heavy atom. The fraction of sp³-hybridized carbons (Fsp3) is 0.375. The van der Waals surface area contributed by atoms with Gasteiger partial charge in [-0.1, -0.05) is 51.0 Å². The molecular formula is C16H22Cu2O4. The average molecular weight is 405 g/mol. The molecule has 0 saturated heterocycles. The third-order valence-electron chi connectivity index (χ3n) is 2.07. The molecule has 0 fully saturated rings. The number of rotatable bonds is 4. The Morgan fingerprint density at radius 3 is 1.23 bits per heavy atom. The number of aromatic carboxylic acids is 2. The average Bonchev–Trinajstić information content (AvgIpc) is 2.47. The second-order valence-electron chi connectivity index (χ2n) is 3.83. The molecule has 0 bridgehead atoms. The van der Waals surface area contributed by atoms with E-state index in [1.165, 1.54) is 25.0 Å². The molecule has 0 aliphatic rings. The van der Waals surface area contributed by atoms with Crippen LogP contribution in [0.4, 0.5) is 0 Å². The van der Waals surface area contributed by atoms with Crippen LogP contribution in [-0.2, 0) is 34.1 Å². The normalized spacial score (nSPS) is 7.82. The zero-order valence-corrected chi connectivity index (χ0v) is 14.7. The topological polar surface area (TPSA) is 80.3 Å². The molecule has 0 heterocycles. The van der Waals surface area contributed by atoms with Gasteiger partial charge in [0.15, 0.2) is 0 Å². The molecule has 22 heavy (non-hydrogen) atoms. The Labute approximate surface area is 154 Å². The summed E-state index contributed by atoms with van der Waals surface area (Å²) >= 11 is 0. The largest absolute Gasteiger partial charge is 2.00 e. The van der Waals surface area contributed by atoms with Crippen LogP contribution < -0.4 is 10.2 Å². The molecule has 0 amide bonds. The van der Waals surface area contributed by atoms with Crippen LogP contribution >= 0.6 is 0 Å². The zero-order chi connectivity index (χ0) is 16.0. The first-order valence-electron chi connectivity index (χ1n) is 6.56. The third-order valence-corrected chi connectivity index (χ3v) is 2.07. The Hall–Kier alpha value is -0.801. The molecule has 1 aromatic carbocycles. The maximum atomic E-state index is 10.3. The van der Waals surface area contributed by atoms with Crippen molar-refractivity contribution in [2.24, 2.45) is 0 Å². The summed E-state index contributed by atoms with van der Waals surface area (Å²) in [6.07, 6.45) is 4.56. The molecular weight excluding hydrogens is 383 g/mol. The molecule has 1 aromatic rings. The number of carboxylic acid groups (broad SMARTS) is 2. The van der Waals surface area contributed by atoms with Gasteiger partial charge >= 0.3 is 34.1 Å². The SMILES string of the molecule is O=C([O-])c1ccccc1C(=O)[O-].[CH2-]CCC.[CH2-]CCC.[Cu+2].[Cu+2]. The minimum atomic E-state index is -1.52. The smallest absolute Gasteiger partial charge is 0.545 e. The molecule has 0 N–H and O–H groups in total. The third kappa shape index (κ3) is 15.6. The molecule has 0 saturated carbocycles. The van der Waals surface area contributed by atoms with Gasteiger partial charge in [0.2, 0.25) is 0 Å². The minimum Gasteiger partial charge on any atom is -0.545 e. The fourth-order valence-electron chi connectivity index (χ4n) is 0.839. The molecule has 0 atom stereocenters. The number of benzene rings is 1. The maximum Gasteiger partial charge on any atom is 2.00 e. The van der Waals surface area contributed by atoms with E-state index < -0.39 is 11.9 Å². The van der Waals surface area contributed by atoms with Crippen LogP contribution in [0.1, 0.15) is 60.2 Å². The van der Waals surface area contributed by atoms with E-state index in [0.717, 1.165) is 25.0 Å². The van der Waals surface area contributed by atoms with Crippen molar-refractivity contribution in [1.29, 1.82) is 0 Å². The van der Waals surface area contributed by atoms with Crippen molar-refractivity contribution < 1.29 is 53.9 Å². The summed E-state index contributed by atoms with van der Waals surface area (Å²) in [4.78, 5) is 20.6. The molecule has 132 valence electrons. The molecule has 0 unspecified atom stereocenters. The van der Waals surface area contributed by atoms with Gasteiger partial charge in [-0.05, 0) is 0 Å². The molecule has 6 heteroatoms. The minimum absolute atomic E-state index is 0. The zero-order valence-electron chi connectivity index (χ0n) is 12.8. The van der Waals surface area contributed by atoms with Gasteiger partial charge in [-0.15, -0.1) is 0 Å². The van der Waals surface area contributed by atoms with E-state index in [2.05, 4.69) is 27.7 Å². The number of hydrogen-bond acceptors (Lipinski definition) is 4. The summed E-state index contributed by atoms with van der Waals surface area (Å²) in [5.41, 5.74) is -0.727.